The third-order valence-corrected chi connectivity index (χ3v) is 7.29. The highest BCUT2D eigenvalue weighted by Gasteiger charge is 2.23. The van der Waals surface area contributed by atoms with Gasteiger partial charge in [0.1, 0.15) is 22.6 Å². The number of nitriles is 1. The second-order valence-electron chi connectivity index (χ2n) is 7.98. The van der Waals surface area contributed by atoms with Gasteiger partial charge in [-0.05, 0) is 73.7 Å². The van der Waals surface area contributed by atoms with Crippen LogP contribution in [0.4, 0.5) is 5.00 Å². The fraction of sp³-hybridized carbons (Fsp3) is 0.192. The molecule has 0 unspecified atom stereocenters. The zero-order valence-electron chi connectivity index (χ0n) is 19.7. The van der Waals surface area contributed by atoms with Gasteiger partial charge in [0.15, 0.2) is 0 Å². The topological polar surface area (TPSA) is 130 Å². The summed E-state index contributed by atoms with van der Waals surface area (Å²) in [6.07, 6.45) is 4.94. The molecule has 0 saturated heterocycles. The van der Waals surface area contributed by atoms with Gasteiger partial charge in [-0.25, -0.2) is 10.2 Å². The van der Waals surface area contributed by atoms with Crippen LogP contribution in [0.2, 0.25) is 0 Å². The summed E-state index contributed by atoms with van der Waals surface area (Å²) in [7, 11) is 1.53. The summed E-state index contributed by atoms with van der Waals surface area (Å²) in [5.74, 6) is -1.72. The Morgan fingerprint density at radius 1 is 1.11 bits per heavy atom. The van der Waals surface area contributed by atoms with Gasteiger partial charge in [-0.15, -0.1) is 11.3 Å². The molecule has 37 heavy (non-hydrogen) atoms. The number of methoxy groups -OCH3 is 1. The van der Waals surface area contributed by atoms with Crippen LogP contribution in [0.5, 0.6) is 11.5 Å². The van der Waals surface area contributed by atoms with Crippen molar-refractivity contribution in [2.24, 2.45) is 5.10 Å². The SMILES string of the molecule is COc1ccc(C(=O)Oc2ccc(Br)cc2C=NNC(=O)C(=O)Nc2sc3c(c2C#N)CCCC3)cc1. The molecule has 0 aliphatic heterocycles. The van der Waals surface area contributed by atoms with Crippen molar-refractivity contribution in [2.75, 3.05) is 12.4 Å². The van der Waals surface area contributed by atoms with Crippen LogP contribution in [0.3, 0.4) is 0 Å². The molecule has 1 heterocycles. The number of carbonyl (C=O) groups is 3. The minimum absolute atomic E-state index is 0.203. The highest BCUT2D eigenvalue weighted by molar-refractivity contribution is 9.10. The molecule has 2 aromatic carbocycles. The molecular weight excluding hydrogens is 560 g/mol. The average molecular weight is 581 g/mol. The van der Waals surface area contributed by atoms with Crippen molar-refractivity contribution in [1.29, 1.82) is 5.26 Å². The Balaban J connectivity index is 1.41. The first-order valence-electron chi connectivity index (χ1n) is 11.2. The number of rotatable bonds is 6. The molecule has 3 aromatic rings. The predicted molar refractivity (Wildman–Crippen MR) is 142 cm³/mol. The number of fused-ring (bicyclic) bond motifs is 1. The van der Waals surface area contributed by atoms with Crippen LogP contribution in [0, 0.1) is 11.3 Å². The lowest BCUT2D eigenvalue weighted by molar-refractivity contribution is -0.136. The average Bonchev–Trinajstić information content (AvgIpc) is 3.26. The number of hydrazone groups is 1. The van der Waals surface area contributed by atoms with E-state index in [1.807, 2.05) is 0 Å². The zero-order valence-corrected chi connectivity index (χ0v) is 22.1. The molecule has 2 amide bonds. The number of benzene rings is 2. The Labute approximate surface area is 225 Å². The van der Waals surface area contributed by atoms with Crippen LogP contribution in [-0.4, -0.2) is 31.1 Å². The summed E-state index contributed by atoms with van der Waals surface area (Å²) >= 11 is 4.68. The molecule has 9 nitrogen and oxygen atoms in total. The molecule has 0 bridgehead atoms. The predicted octanol–water partition coefficient (Wildman–Crippen LogP) is 4.58. The number of ether oxygens (including phenoxy) is 2. The number of nitrogens with zero attached hydrogens (tertiary/aromatic N) is 2. The fourth-order valence-corrected chi connectivity index (χ4v) is 5.36. The standard InChI is InChI=1S/C26H21BrN4O5S/c1-35-18-9-6-15(7-10-18)26(34)36-21-11-8-17(27)12-16(21)14-29-31-24(33)23(32)30-25-20(13-28)19-4-2-3-5-22(19)37-25/h6-12,14H,2-5H2,1H3,(H,30,32)(H,31,33). The lowest BCUT2D eigenvalue weighted by atomic mass is 9.96. The lowest BCUT2D eigenvalue weighted by Crippen LogP contribution is -2.32. The van der Waals surface area contributed by atoms with E-state index in [1.54, 1.807) is 42.5 Å². The highest BCUT2D eigenvalue weighted by Crippen LogP contribution is 2.37. The molecule has 0 spiro atoms. The van der Waals surface area contributed by atoms with Crippen molar-refractivity contribution >= 4 is 56.3 Å². The largest absolute Gasteiger partial charge is 0.497 e. The summed E-state index contributed by atoms with van der Waals surface area (Å²) in [4.78, 5) is 38.4. The van der Waals surface area contributed by atoms with Gasteiger partial charge in [-0.2, -0.15) is 10.4 Å². The van der Waals surface area contributed by atoms with Crippen molar-refractivity contribution in [3.8, 4) is 17.6 Å². The van der Waals surface area contributed by atoms with Crippen LogP contribution in [-0.2, 0) is 22.4 Å². The van der Waals surface area contributed by atoms with Crippen molar-refractivity contribution in [1.82, 2.24) is 5.43 Å². The van der Waals surface area contributed by atoms with E-state index in [0.717, 1.165) is 36.1 Å². The molecule has 1 aliphatic rings. The van der Waals surface area contributed by atoms with Gasteiger partial charge in [-0.1, -0.05) is 15.9 Å². The van der Waals surface area contributed by atoms with Crippen LogP contribution < -0.4 is 20.2 Å². The third kappa shape index (κ3) is 6.22. The van der Waals surface area contributed by atoms with Gasteiger partial charge in [0.2, 0.25) is 0 Å². The number of thiophene rings is 1. The maximum atomic E-state index is 12.6. The summed E-state index contributed by atoms with van der Waals surface area (Å²) in [5.41, 5.74) is 4.25. The smallest absolute Gasteiger partial charge is 0.343 e. The van der Waals surface area contributed by atoms with E-state index in [9.17, 15) is 19.6 Å². The molecule has 188 valence electrons. The molecule has 11 heteroatoms. The van der Waals surface area contributed by atoms with Gasteiger partial charge in [0, 0.05) is 14.9 Å². The maximum absolute atomic E-state index is 12.6. The number of halogens is 1. The number of hydrogen-bond donors (Lipinski definition) is 2. The number of nitrogens with one attached hydrogen (secondary N) is 2. The number of amides is 2. The van der Waals surface area contributed by atoms with Crippen LogP contribution in [0.1, 0.15) is 44.8 Å². The van der Waals surface area contributed by atoms with Gasteiger partial charge in [0.05, 0.1) is 24.5 Å². The minimum Gasteiger partial charge on any atom is -0.497 e. The molecule has 2 N–H and O–H groups in total. The fourth-order valence-electron chi connectivity index (χ4n) is 3.74. The number of anilines is 1. The van der Waals surface area contributed by atoms with Gasteiger partial charge in [0.25, 0.3) is 0 Å². The van der Waals surface area contributed by atoms with Crippen molar-refractivity contribution in [3.63, 3.8) is 0 Å². The van der Waals surface area contributed by atoms with Crippen molar-refractivity contribution in [3.05, 3.63) is 74.1 Å². The highest BCUT2D eigenvalue weighted by atomic mass is 79.9. The Morgan fingerprint density at radius 3 is 2.59 bits per heavy atom. The summed E-state index contributed by atoms with van der Waals surface area (Å²) in [6, 6.07) is 13.5. The van der Waals surface area contributed by atoms with Crippen molar-refractivity contribution < 1.29 is 23.9 Å². The molecule has 0 radical (unpaired) electrons. The molecule has 4 rings (SSSR count). The summed E-state index contributed by atoms with van der Waals surface area (Å²) < 4.78 is 11.3. The quantitative estimate of drug-likeness (QED) is 0.144. The molecule has 1 aliphatic carbocycles. The second-order valence-corrected chi connectivity index (χ2v) is 10.0. The normalized spacial score (nSPS) is 12.4. The first kappa shape index (κ1) is 26.1. The van der Waals surface area contributed by atoms with Crippen LogP contribution in [0.25, 0.3) is 0 Å². The van der Waals surface area contributed by atoms with E-state index in [-0.39, 0.29) is 5.75 Å². The van der Waals surface area contributed by atoms with Crippen LogP contribution in [0.15, 0.2) is 52.0 Å². The van der Waals surface area contributed by atoms with E-state index >= 15 is 0 Å². The Kier molecular flexibility index (Phi) is 8.32. The molecule has 1 aromatic heterocycles. The Hall–Kier alpha value is -4.01. The van der Waals surface area contributed by atoms with Gasteiger partial charge in [-0.3, -0.25) is 9.59 Å². The Morgan fingerprint density at radius 2 is 1.86 bits per heavy atom. The lowest BCUT2D eigenvalue weighted by Gasteiger charge is -2.09. The van der Waals surface area contributed by atoms with E-state index < -0.39 is 17.8 Å². The molecule has 0 saturated carbocycles. The minimum atomic E-state index is -1.00. The molecule has 0 fully saturated rings. The monoisotopic (exact) mass is 580 g/mol. The Bertz CT molecular complexity index is 1430. The van der Waals surface area contributed by atoms with Crippen LogP contribution >= 0.6 is 27.3 Å². The first-order valence-corrected chi connectivity index (χ1v) is 12.9. The maximum Gasteiger partial charge on any atom is 0.343 e. The van der Waals surface area contributed by atoms with Gasteiger partial charge >= 0.3 is 17.8 Å². The second kappa shape index (κ2) is 11.8. The zero-order chi connectivity index (χ0) is 26.4. The summed E-state index contributed by atoms with van der Waals surface area (Å²) in [5, 5.41) is 16.3. The number of esters is 1. The first-order chi connectivity index (χ1) is 17.9. The van der Waals surface area contributed by atoms with Gasteiger partial charge < -0.3 is 14.8 Å². The third-order valence-electron chi connectivity index (χ3n) is 5.59. The number of carbonyl (C=O) groups excluding carboxylic acids is 3. The van der Waals surface area contributed by atoms with E-state index in [4.69, 9.17) is 9.47 Å². The van der Waals surface area contributed by atoms with E-state index in [2.05, 4.69) is 37.8 Å². The van der Waals surface area contributed by atoms with E-state index in [1.165, 1.54) is 24.7 Å². The van der Waals surface area contributed by atoms with Crippen molar-refractivity contribution in [2.45, 2.75) is 25.7 Å². The summed E-state index contributed by atoms with van der Waals surface area (Å²) in [6.45, 7) is 0. The number of aryl methyl sites for hydroxylation is 1. The molecule has 0 atom stereocenters. The number of hydrogen-bond acceptors (Lipinski definition) is 8. The molecular formula is C26H21BrN4O5S. The van der Waals surface area contributed by atoms with E-state index in [0.29, 0.717) is 31.9 Å².